The number of hydrogen-bond acceptors (Lipinski definition) is 6. The molecule has 1 aliphatic rings. The Morgan fingerprint density at radius 3 is 2.70 bits per heavy atom. The zero-order valence-electron chi connectivity index (χ0n) is 13.8. The van der Waals surface area contributed by atoms with Gasteiger partial charge in [-0.15, -0.1) is 0 Å². The molecular formula is C18H13FN4O4. The molecule has 3 aromatic heterocycles. The summed E-state index contributed by atoms with van der Waals surface area (Å²) in [5.74, 6) is -0.839. The van der Waals surface area contributed by atoms with Gasteiger partial charge in [0.1, 0.15) is 5.82 Å². The monoisotopic (exact) mass is 368 g/mol. The summed E-state index contributed by atoms with van der Waals surface area (Å²) in [4.78, 5) is 20.9. The molecule has 4 heterocycles. The lowest BCUT2D eigenvalue weighted by atomic mass is 9.96. The number of nitrogens with one attached hydrogen (secondary N) is 2. The largest absolute Gasteiger partial charge is 0.439 e. The van der Waals surface area contributed by atoms with Crippen molar-refractivity contribution in [3.05, 3.63) is 58.7 Å². The highest BCUT2D eigenvalue weighted by Gasteiger charge is 2.39. The second-order valence-electron chi connectivity index (χ2n) is 6.48. The molecule has 8 nitrogen and oxygen atoms in total. The molecule has 0 radical (unpaired) electrons. The van der Waals surface area contributed by atoms with E-state index in [0.717, 1.165) is 0 Å². The maximum absolute atomic E-state index is 14.6. The van der Waals surface area contributed by atoms with Gasteiger partial charge in [0.25, 0.3) is 0 Å². The number of ether oxygens (including phenoxy) is 1. The van der Waals surface area contributed by atoms with Gasteiger partial charge in [-0.25, -0.2) is 9.18 Å². The lowest BCUT2D eigenvalue weighted by molar-refractivity contribution is -0.186. The second-order valence-corrected chi connectivity index (χ2v) is 6.48. The van der Waals surface area contributed by atoms with Crippen molar-refractivity contribution in [2.24, 2.45) is 0 Å². The molecule has 1 fully saturated rings. The van der Waals surface area contributed by atoms with Crippen LogP contribution in [0.2, 0.25) is 0 Å². The van der Waals surface area contributed by atoms with Crippen LogP contribution >= 0.6 is 0 Å². The third kappa shape index (κ3) is 2.47. The molecule has 0 spiro atoms. The molecule has 1 aliphatic heterocycles. The number of nitrogens with zero attached hydrogens (tertiary/aromatic N) is 2. The molecule has 0 saturated carbocycles. The fourth-order valence-electron chi connectivity index (χ4n) is 3.18. The standard InChI is InChI=1S/C18H13FN4O4/c19-13-4-14-11(12(6-20-14)16-22-17(24)27-23-16)3-10(13)9-1-2-15(21-5-9)18(25)7-26-8-18/h1-6,20,25H,7-8H2,(H,22,23,24). The number of H-pyrrole nitrogens is 2. The molecule has 0 amide bonds. The zero-order valence-corrected chi connectivity index (χ0v) is 13.8. The SMILES string of the molecule is O=c1[nH]c(-c2c[nH]c3cc(F)c(-c4ccc(C5(O)COC5)nc4)cc23)no1. The highest BCUT2D eigenvalue weighted by atomic mass is 19.1. The number of pyridine rings is 1. The van der Waals surface area contributed by atoms with Crippen LogP contribution in [0, 0.1) is 5.82 Å². The summed E-state index contributed by atoms with van der Waals surface area (Å²) in [6.07, 6.45) is 3.13. The molecule has 4 aromatic rings. The molecule has 0 atom stereocenters. The van der Waals surface area contributed by atoms with Crippen molar-refractivity contribution >= 4 is 10.9 Å². The highest BCUT2D eigenvalue weighted by molar-refractivity contribution is 5.96. The zero-order chi connectivity index (χ0) is 18.6. The van der Waals surface area contributed by atoms with E-state index in [-0.39, 0.29) is 19.0 Å². The Morgan fingerprint density at radius 2 is 2.07 bits per heavy atom. The van der Waals surface area contributed by atoms with Gasteiger partial charge in [-0.05, 0) is 18.2 Å². The Kier molecular flexibility index (Phi) is 3.30. The predicted molar refractivity (Wildman–Crippen MR) is 92.3 cm³/mol. The van der Waals surface area contributed by atoms with Crippen molar-refractivity contribution < 1.29 is 18.8 Å². The van der Waals surface area contributed by atoms with E-state index in [1.807, 2.05) is 0 Å². The number of rotatable bonds is 3. The van der Waals surface area contributed by atoms with E-state index >= 15 is 0 Å². The van der Waals surface area contributed by atoms with E-state index in [4.69, 9.17) is 4.74 Å². The Bertz CT molecular complexity index is 1200. The Labute approximate surface area is 150 Å². The van der Waals surface area contributed by atoms with E-state index in [2.05, 4.69) is 24.6 Å². The molecule has 1 aromatic carbocycles. The van der Waals surface area contributed by atoms with Crippen molar-refractivity contribution in [2.75, 3.05) is 13.2 Å². The molecule has 0 aliphatic carbocycles. The van der Waals surface area contributed by atoms with Crippen molar-refractivity contribution in [2.45, 2.75) is 5.60 Å². The smallest absolute Gasteiger partial charge is 0.379 e. The van der Waals surface area contributed by atoms with Gasteiger partial charge >= 0.3 is 5.76 Å². The summed E-state index contributed by atoms with van der Waals surface area (Å²) in [7, 11) is 0. The predicted octanol–water partition coefficient (Wildman–Crippen LogP) is 1.93. The number of hydrogen-bond donors (Lipinski definition) is 3. The minimum absolute atomic E-state index is 0.197. The van der Waals surface area contributed by atoms with E-state index < -0.39 is 17.2 Å². The van der Waals surface area contributed by atoms with Crippen LogP contribution in [-0.2, 0) is 10.3 Å². The third-order valence-electron chi connectivity index (χ3n) is 4.70. The molecule has 0 unspecified atom stereocenters. The molecule has 5 rings (SSSR count). The molecule has 0 bridgehead atoms. The number of aromatic amines is 2. The number of aromatic nitrogens is 4. The van der Waals surface area contributed by atoms with E-state index in [9.17, 15) is 14.3 Å². The Hall–Kier alpha value is -3.30. The molecule has 3 N–H and O–H groups in total. The number of aliphatic hydroxyl groups is 1. The number of halogens is 1. The first-order valence-electron chi connectivity index (χ1n) is 8.17. The maximum Gasteiger partial charge on any atom is 0.439 e. The average Bonchev–Trinajstić information content (AvgIpc) is 3.24. The van der Waals surface area contributed by atoms with Gasteiger partial charge in [-0.1, -0.05) is 11.2 Å². The average molecular weight is 368 g/mol. The van der Waals surface area contributed by atoms with Crippen LogP contribution in [-0.4, -0.2) is 38.4 Å². The highest BCUT2D eigenvalue weighted by Crippen LogP contribution is 2.33. The minimum Gasteiger partial charge on any atom is -0.379 e. The third-order valence-corrected chi connectivity index (χ3v) is 4.70. The van der Waals surface area contributed by atoms with Crippen LogP contribution in [0.25, 0.3) is 33.4 Å². The van der Waals surface area contributed by atoms with E-state index in [1.54, 1.807) is 24.4 Å². The van der Waals surface area contributed by atoms with E-state index in [1.165, 1.54) is 12.3 Å². The van der Waals surface area contributed by atoms with Gasteiger partial charge < -0.3 is 14.8 Å². The van der Waals surface area contributed by atoms with Gasteiger partial charge in [-0.3, -0.25) is 14.5 Å². The van der Waals surface area contributed by atoms with Crippen molar-refractivity contribution in [3.8, 4) is 22.5 Å². The number of fused-ring (bicyclic) bond motifs is 1. The lowest BCUT2D eigenvalue weighted by Crippen LogP contribution is -2.47. The van der Waals surface area contributed by atoms with Crippen molar-refractivity contribution in [3.63, 3.8) is 0 Å². The first-order valence-corrected chi connectivity index (χ1v) is 8.17. The minimum atomic E-state index is -1.08. The molecule has 136 valence electrons. The molecule has 27 heavy (non-hydrogen) atoms. The lowest BCUT2D eigenvalue weighted by Gasteiger charge is -2.35. The van der Waals surface area contributed by atoms with Crippen LogP contribution in [0.5, 0.6) is 0 Å². The topological polar surface area (TPSA) is 117 Å². The van der Waals surface area contributed by atoms with Crippen LogP contribution in [0.15, 0.2) is 46.0 Å². The normalized spacial score (nSPS) is 15.8. The Balaban J connectivity index is 1.60. The van der Waals surface area contributed by atoms with Gasteiger partial charge in [0.2, 0.25) is 0 Å². The molecule has 1 saturated heterocycles. The maximum atomic E-state index is 14.6. The first-order chi connectivity index (χ1) is 13.0. The van der Waals surface area contributed by atoms with E-state index in [0.29, 0.717) is 33.3 Å². The molecular weight excluding hydrogens is 355 g/mol. The summed E-state index contributed by atoms with van der Waals surface area (Å²) in [6.45, 7) is 0.393. The molecule has 9 heteroatoms. The van der Waals surface area contributed by atoms with Gasteiger partial charge in [0.15, 0.2) is 11.4 Å². The fourth-order valence-corrected chi connectivity index (χ4v) is 3.18. The summed E-state index contributed by atoms with van der Waals surface area (Å²) in [5, 5.41) is 14.6. The van der Waals surface area contributed by atoms with Gasteiger partial charge in [0, 0.05) is 40.0 Å². The fraction of sp³-hybridized carbons (Fsp3) is 0.167. The van der Waals surface area contributed by atoms with Gasteiger partial charge in [0.05, 0.1) is 18.9 Å². The van der Waals surface area contributed by atoms with Gasteiger partial charge in [-0.2, -0.15) is 0 Å². The van der Waals surface area contributed by atoms with Crippen LogP contribution < -0.4 is 5.76 Å². The van der Waals surface area contributed by atoms with Crippen LogP contribution in [0.4, 0.5) is 4.39 Å². The second kappa shape index (κ2) is 5.60. The van der Waals surface area contributed by atoms with Crippen LogP contribution in [0.3, 0.4) is 0 Å². The quantitative estimate of drug-likeness (QED) is 0.509. The number of benzene rings is 1. The summed E-state index contributed by atoms with van der Waals surface area (Å²) < 4.78 is 24.2. The Morgan fingerprint density at radius 1 is 1.22 bits per heavy atom. The van der Waals surface area contributed by atoms with Crippen LogP contribution in [0.1, 0.15) is 5.69 Å². The summed E-state index contributed by atoms with van der Waals surface area (Å²) in [6, 6.07) is 6.39. The summed E-state index contributed by atoms with van der Waals surface area (Å²) >= 11 is 0. The van der Waals surface area contributed by atoms with Crippen molar-refractivity contribution in [1.82, 2.24) is 20.1 Å². The first kappa shape index (κ1) is 15.9. The summed E-state index contributed by atoms with van der Waals surface area (Å²) in [5.41, 5.74) is 1.45. The van der Waals surface area contributed by atoms with Crippen molar-refractivity contribution in [1.29, 1.82) is 0 Å².